The number of carbonyl (C=O) groups excluding carboxylic acids is 1. The van der Waals surface area contributed by atoms with E-state index in [4.69, 9.17) is 4.74 Å². The second kappa shape index (κ2) is 6.78. The Labute approximate surface area is 139 Å². The van der Waals surface area contributed by atoms with Crippen LogP contribution in [-0.4, -0.2) is 17.9 Å². The van der Waals surface area contributed by atoms with Crippen LogP contribution in [-0.2, 0) is 0 Å². The Morgan fingerprint density at radius 3 is 1.72 bits per heavy atom. The van der Waals surface area contributed by atoms with Crippen LogP contribution in [0.4, 0.5) is 26.3 Å². The van der Waals surface area contributed by atoms with Gasteiger partial charge in [-0.1, -0.05) is 12.1 Å². The molecule has 0 heterocycles. The lowest BCUT2D eigenvalue weighted by atomic mass is 10.0. The van der Waals surface area contributed by atoms with Crippen LogP contribution in [0.15, 0.2) is 48.5 Å². The van der Waals surface area contributed by atoms with Gasteiger partial charge < -0.3 is 4.74 Å². The van der Waals surface area contributed by atoms with Crippen LogP contribution in [0.3, 0.4) is 0 Å². The maximum atomic E-state index is 13.5. The van der Waals surface area contributed by atoms with Gasteiger partial charge in [-0.3, -0.25) is 4.79 Å². The lowest BCUT2D eigenvalue weighted by Crippen LogP contribution is -2.40. The third-order valence-corrected chi connectivity index (χ3v) is 3.37. The van der Waals surface area contributed by atoms with Crippen molar-refractivity contribution in [1.82, 2.24) is 0 Å². The van der Waals surface area contributed by atoms with Crippen LogP contribution in [0.2, 0.25) is 0 Å². The zero-order valence-corrected chi connectivity index (χ0v) is 12.8. The van der Waals surface area contributed by atoms with Crippen LogP contribution in [0.1, 0.15) is 29.0 Å². The quantitative estimate of drug-likeness (QED) is 0.490. The summed E-state index contributed by atoms with van der Waals surface area (Å²) in [6, 6.07) is 9.73. The van der Waals surface area contributed by atoms with Gasteiger partial charge in [0.15, 0.2) is 12.0 Å². The van der Waals surface area contributed by atoms with Gasteiger partial charge in [0.2, 0.25) is 0 Å². The Kier molecular flexibility index (Phi) is 5.10. The van der Waals surface area contributed by atoms with Crippen molar-refractivity contribution in [3.63, 3.8) is 0 Å². The molecule has 1 atom stereocenters. The van der Waals surface area contributed by atoms with E-state index in [-0.39, 0.29) is 11.5 Å². The highest BCUT2D eigenvalue weighted by atomic mass is 19.4. The molecule has 2 nitrogen and oxygen atoms in total. The standard InChI is InChI=1S/C17H12F6O2/c1-10(24)11-2-6-13(7-3-11)25-14-8-4-12(5-9-14)15(18)16(19,20)17(21,22)23/h2-9,15H,1H3/t15-/m0/s1. The molecule has 0 radical (unpaired) electrons. The highest BCUT2D eigenvalue weighted by Crippen LogP contribution is 2.46. The summed E-state index contributed by atoms with van der Waals surface area (Å²) in [6.45, 7) is 1.39. The Morgan fingerprint density at radius 1 is 0.880 bits per heavy atom. The number of benzene rings is 2. The summed E-state index contributed by atoms with van der Waals surface area (Å²) < 4.78 is 81.5. The fourth-order valence-electron chi connectivity index (χ4n) is 1.95. The number of halogens is 6. The predicted octanol–water partition coefficient (Wildman–Crippen LogP) is 5.89. The van der Waals surface area contributed by atoms with E-state index in [0.717, 1.165) is 24.3 Å². The molecule has 0 spiro atoms. The van der Waals surface area contributed by atoms with Crippen LogP contribution in [0.25, 0.3) is 0 Å². The van der Waals surface area contributed by atoms with Crippen LogP contribution in [0, 0.1) is 0 Å². The molecule has 0 aliphatic carbocycles. The molecule has 0 aliphatic heterocycles. The van der Waals surface area contributed by atoms with Crippen molar-refractivity contribution >= 4 is 5.78 Å². The van der Waals surface area contributed by atoms with Crippen LogP contribution in [0.5, 0.6) is 11.5 Å². The molecule has 2 aromatic rings. The third kappa shape index (κ3) is 4.12. The van der Waals surface area contributed by atoms with E-state index in [0.29, 0.717) is 11.3 Å². The average molecular weight is 362 g/mol. The van der Waals surface area contributed by atoms with E-state index in [1.54, 1.807) is 0 Å². The summed E-state index contributed by atoms with van der Waals surface area (Å²) in [5.41, 5.74) is -0.362. The number of carbonyl (C=O) groups is 1. The second-order valence-electron chi connectivity index (χ2n) is 5.23. The molecular formula is C17H12F6O2. The summed E-state index contributed by atoms with van der Waals surface area (Å²) in [6.07, 6.45) is -9.50. The van der Waals surface area contributed by atoms with Crippen LogP contribution >= 0.6 is 0 Å². The minimum absolute atomic E-state index is 0.113. The lowest BCUT2D eigenvalue weighted by Gasteiger charge is -2.23. The first-order valence-electron chi connectivity index (χ1n) is 7.00. The van der Waals surface area contributed by atoms with E-state index < -0.39 is 23.8 Å². The summed E-state index contributed by atoms with van der Waals surface area (Å²) in [4.78, 5) is 11.2. The SMILES string of the molecule is CC(=O)c1ccc(Oc2ccc([C@H](F)C(F)(F)C(F)(F)F)cc2)cc1. The molecule has 134 valence electrons. The Hall–Kier alpha value is -2.51. The largest absolute Gasteiger partial charge is 0.457 e. The smallest absolute Gasteiger partial charge is 0.456 e. The summed E-state index contributed by atoms with van der Waals surface area (Å²) >= 11 is 0. The normalized spacial score (nSPS) is 13.4. The Morgan fingerprint density at radius 2 is 1.32 bits per heavy atom. The molecule has 2 aromatic carbocycles. The molecule has 8 heteroatoms. The molecule has 0 saturated heterocycles. The van der Waals surface area contributed by atoms with Gasteiger partial charge in [-0.15, -0.1) is 0 Å². The molecule has 0 amide bonds. The highest BCUT2D eigenvalue weighted by Gasteiger charge is 2.63. The first-order valence-corrected chi connectivity index (χ1v) is 7.00. The minimum atomic E-state index is -5.99. The van der Waals surface area contributed by atoms with Gasteiger partial charge in [-0.25, -0.2) is 4.39 Å². The fraction of sp³-hybridized carbons (Fsp3) is 0.235. The van der Waals surface area contributed by atoms with E-state index in [1.807, 2.05) is 0 Å². The Bertz CT molecular complexity index is 735. The van der Waals surface area contributed by atoms with Gasteiger partial charge in [0.1, 0.15) is 11.5 Å². The first-order chi connectivity index (χ1) is 11.5. The maximum absolute atomic E-state index is 13.5. The fourth-order valence-corrected chi connectivity index (χ4v) is 1.95. The third-order valence-electron chi connectivity index (χ3n) is 3.37. The molecule has 0 aliphatic rings. The molecule has 0 fully saturated rings. The zero-order chi connectivity index (χ0) is 18.8. The van der Waals surface area contributed by atoms with Crippen LogP contribution < -0.4 is 4.74 Å². The monoisotopic (exact) mass is 362 g/mol. The van der Waals surface area contributed by atoms with Gasteiger partial charge in [0, 0.05) is 5.56 Å². The van der Waals surface area contributed by atoms with Gasteiger partial charge in [0.05, 0.1) is 0 Å². The first kappa shape index (κ1) is 18.8. The molecule has 0 N–H and O–H groups in total. The summed E-state index contributed by atoms with van der Waals surface area (Å²) in [7, 11) is 0. The Balaban J connectivity index is 2.13. The number of hydrogen-bond donors (Lipinski definition) is 0. The maximum Gasteiger partial charge on any atom is 0.456 e. The minimum Gasteiger partial charge on any atom is -0.457 e. The number of ether oxygens (including phenoxy) is 1. The molecule has 25 heavy (non-hydrogen) atoms. The number of Topliss-reactive ketones (excluding diaryl/α,β-unsaturated/α-hetero) is 1. The van der Waals surface area contributed by atoms with E-state index >= 15 is 0 Å². The van der Waals surface area contributed by atoms with Crippen molar-refractivity contribution in [1.29, 1.82) is 0 Å². The van der Waals surface area contributed by atoms with E-state index in [9.17, 15) is 31.1 Å². The molecule has 0 aromatic heterocycles. The van der Waals surface area contributed by atoms with Crippen molar-refractivity contribution < 1.29 is 35.9 Å². The van der Waals surface area contributed by atoms with E-state index in [1.165, 1.54) is 31.2 Å². The molecular weight excluding hydrogens is 350 g/mol. The van der Waals surface area contributed by atoms with Crippen molar-refractivity contribution in [3.8, 4) is 11.5 Å². The van der Waals surface area contributed by atoms with Crippen molar-refractivity contribution in [2.24, 2.45) is 0 Å². The number of hydrogen-bond acceptors (Lipinski definition) is 2. The van der Waals surface area contributed by atoms with Crippen molar-refractivity contribution in [2.45, 2.75) is 25.2 Å². The van der Waals surface area contributed by atoms with Gasteiger partial charge in [-0.2, -0.15) is 22.0 Å². The van der Waals surface area contributed by atoms with Gasteiger partial charge in [0.25, 0.3) is 0 Å². The van der Waals surface area contributed by atoms with E-state index in [2.05, 4.69) is 0 Å². The number of rotatable bonds is 5. The number of ketones is 1. The summed E-state index contributed by atoms with van der Waals surface area (Å²) in [5, 5.41) is 0. The topological polar surface area (TPSA) is 26.3 Å². The summed E-state index contributed by atoms with van der Waals surface area (Å²) in [5.74, 6) is -5.20. The van der Waals surface area contributed by atoms with Gasteiger partial charge in [-0.05, 0) is 48.9 Å². The van der Waals surface area contributed by atoms with Gasteiger partial charge >= 0.3 is 12.1 Å². The molecule has 2 rings (SSSR count). The molecule has 0 saturated carbocycles. The predicted molar refractivity (Wildman–Crippen MR) is 77.8 cm³/mol. The highest BCUT2D eigenvalue weighted by molar-refractivity contribution is 5.94. The molecule has 0 bridgehead atoms. The lowest BCUT2D eigenvalue weighted by molar-refractivity contribution is -0.305. The second-order valence-corrected chi connectivity index (χ2v) is 5.23. The number of alkyl halides is 6. The van der Waals surface area contributed by atoms with Crippen molar-refractivity contribution in [2.75, 3.05) is 0 Å². The molecule has 0 unspecified atom stereocenters. The van der Waals surface area contributed by atoms with Crippen molar-refractivity contribution in [3.05, 3.63) is 59.7 Å². The zero-order valence-electron chi connectivity index (χ0n) is 12.8. The average Bonchev–Trinajstić information content (AvgIpc) is 2.54.